The van der Waals surface area contributed by atoms with Crippen LogP contribution in [0, 0.1) is 0 Å². The first kappa shape index (κ1) is 17.6. The second-order valence-corrected chi connectivity index (χ2v) is 7.87. The Morgan fingerprint density at radius 2 is 1.45 bits per heavy atom. The quantitative estimate of drug-likeness (QED) is 0.463. The zero-order valence-corrected chi connectivity index (χ0v) is 14.7. The molecule has 0 nitrogen and oxygen atoms in total. The molecule has 20 heavy (non-hydrogen) atoms. The SMILES string of the molecule is CCCCCCCCSCc1ccc(C(C)(C)C)cc1. The van der Waals surface area contributed by atoms with Crippen molar-refractivity contribution in [2.45, 2.75) is 77.4 Å². The van der Waals surface area contributed by atoms with E-state index in [1.807, 2.05) is 0 Å². The van der Waals surface area contributed by atoms with E-state index in [0.717, 1.165) is 0 Å². The molecule has 0 aromatic heterocycles. The molecule has 0 spiro atoms. The van der Waals surface area contributed by atoms with E-state index in [4.69, 9.17) is 0 Å². The van der Waals surface area contributed by atoms with Gasteiger partial charge in [-0.1, -0.05) is 84.1 Å². The maximum atomic E-state index is 2.30. The van der Waals surface area contributed by atoms with Crippen molar-refractivity contribution < 1.29 is 0 Å². The Kier molecular flexibility index (Phi) is 8.37. The number of hydrogen-bond acceptors (Lipinski definition) is 1. The molecule has 0 atom stereocenters. The molecule has 0 aliphatic rings. The lowest BCUT2D eigenvalue weighted by Crippen LogP contribution is -2.10. The molecule has 0 N–H and O–H groups in total. The van der Waals surface area contributed by atoms with Crippen LogP contribution < -0.4 is 0 Å². The molecule has 0 aliphatic carbocycles. The van der Waals surface area contributed by atoms with E-state index < -0.39 is 0 Å². The fourth-order valence-corrected chi connectivity index (χ4v) is 3.26. The molecule has 1 aromatic rings. The molecule has 0 fully saturated rings. The van der Waals surface area contributed by atoms with Crippen LogP contribution in [0.25, 0.3) is 0 Å². The Bertz CT molecular complexity index is 345. The van der Waals surface area contributed by atoms with Crippen molar-refractivity contribution in [2.24, 2.45) is 0 Å². The third-order valence-corrected chi connectivity index (χ3v) is 4.85. The smallest absolute Gasteiger partial charge is 0.0184 e. The van der Waals surface area contributed by atoms with Crippen molar-refractivity contribution in [3.8, 4) is 0 Å². The van der Waals surface area contributed by atoms with Crippen molar-refractivity contribution in [1.82, 2.24) is 0 Å². The standard InChI is InChI=1S/C19H32S/c1-5-6-7-8-9-10-15-20-16-17-11-13-18(14-12-17)19(2,3)4/h11-14H,5-10,15-16H2,1-4H3. The van der Waals surface area contributed by atoms with E-state index in [-0.39, 0.29) is 5.41 Å². The molecule has 0 saturated carbocycles. The minimum absolute atomic E-state index is 0.268. The Labute approximate surface area is 130 Å². The van der Waals surface area contributed by atoms with Gasteiger partial charge in [0.15, 0.2) is 0 Å². The van der Waals surface area contributed by atoms with E-state index in [1.54, 1.807) is 0 Å². The van der Waals surface area contributed by atoms with E-state index in [0.29, 0.717) is 0 Å². The van der Waals surface area contributed by atoms with Crippen molar-refractivity contribution in [3.05, 3.63) is 35.4 Å². The van der Waals surface area contributed by atoms with Crippen LogP contribution in [-0.4, -0.2) is 5.75 Å². The molecular weight excluding hydrogens is 260 g/mol. The van der Waals surface area contributed by atoms with Gasteiger partial charge in [-0.05, 0) is 28.7 Å². The number of rotatable bonds is 9. The highest BCUT2D eigenvalue weighted by Gasteiger charge is 2.12. The summed E-state index contributed by atoms with van der Waals surface area (Å²) in [6.45, 7) is 9.10. The highest BCUT2D eigenvalue weighted by molar-refractivity contribution is 7.98. The van der Waals surface area contributed by atoms with Gasteiger partial charge in [0.2, 0.25) is 0 Å². The highest BCUT2D eigenvalue weighted by Crippen LogP contribution is 2.23. The molecule has 1 heteroatoms. The van der Waals surface area contributed by atoms with Crippen molar-refractivity contribution in [1.29, 1.82) is 0 Å². The largest absolute Gasteiger partial charge is 0.157 e. The normalized spacial score (nSPS) is 11.8. The molecular formula is C19H32S. The predicted molar refractivity (Wildman–Crippen MR) is 94.7 cm³/mol. The molecule has 0 heterocycles. The minimum Gasteiger partial charge on any atom is -0.157 e. The van der Waals surface area contributed by atoms with E-state index in [9.17, 15) is 0 Å². The number of benzene rings is 1. The van der Waals surface area contributed by atoms with Gasteiger partial charge in [-0.15, -0.1) is 0 Å². The van der Waals surface area contributed by atoms with Gasteiger partial charge in [-0.25, -0.2) is 0 Å². The number of hydrogen-bond donors (Lipinski definition) is 0. The first-order valence-corrected chi connectivity index (χ1v) is 9.36. The van der Waals surface area contributed by atoms with Crippen LogP contribution in [0.5, 0.6) is 0 Å². The molecule has 0 aliphatic heterocycles. The molecule has 0 saturated heterocycles. The zero-order valence-electron chi connectivity index (χ0n) is 13.9. The zero-order chi connectivity index (χ0) is 14.8. The van der Waals surface area contributed by atoms with Crippen LogP contribution in [0.3, 0.4) is 0 Å². The van der Waals surface area contributed by atoms with Gasteiger partial charge >= 0.3 is 0 Å². The summed E-state index contributed by atoms with van der Waals surface area (Å²) in [4.78, 5) is 0. The lowest BCUT2D eigenvalue weighted by Gasteiger charge is -2.19. The highest BCUT2D eigenvalue weighted by atomic mass is 32.2. The van der Waals surface area contributed by atoms with Crippen LogP contribution >= 0.6 is 11.8 Å². The van der Waals surface area contributed by atoms with Crippen LogP contribution in [0.4, 0.5) is 0 Å². The van der Waals surface area contributed by atoms with Gasteiger partial charge in [0.05, 0.1) is 0 Å². The third kappa shape index (κ3) is 7.38. The van der Waals surface area contributed by atoms with Crippen LogP contribution in [-0.2, 0) is 11.2 Å². The summed E-state index contributed by atoms with van der Waals surface area (Å²) < 4.78 is 0. The number of thioether (sulfide) groups is 1. The van der Waals surface area contributed by atoms with Gasteiger partial charge in [-0.3, -0.25) is 0 Å². The monoisotopic (exact) mass is 292 g/mol. The average molecular weight is 293 g/mol. The fourth-order valence-electron chi connectivity index (χ4n) is 2.28. The topological polar surface area (TPSA) is 0 Å². The Morgan fingerprint density at radius 1 is 0.850 bits per heavy atom. The molecule has 0 unspecified atom stereocenters. The fraction of sp³-hybridized carbons (Fsp3) is 0.684. The van der Waals surface area contributed by atoms with Gasteiger partial charge in [0, 0.05) is 5.75 Å². The molecule has 0 bridgehead atoms. The Hall–Kier alpha value is -0.430. The summed E-state index contributed by atoms with van der Waals surface area (Å²) in [5.41, 5.74) is 3.17. The molecule has 1 aromatic carbocycles. The van der Waals surface area contributed by atoms with E-state index in [1.165, 1.54) is 61.2 Å². The lowest BCUT2D eigenvalue weighted by atomic mass is 9.87. The van der Waals surface area contributed by atoms with Crippen molar-refractivity contribution in [2.75, 3.05) is 5.75 Å². The van der Waals surface area contributed by atoms with Gasteiger partial charge < -0.3 is 0 Å². The summed E-state index contributed by atoms with van der Waals surface area (Å²) in [6, 6.07) is 9.19. The molecule has 1 rings (SSSR count). The average Bonchev–Trinajstić information content (AvgIpc) is 2.41. The Morgan fingerprint density at radius 3 is 2.05 bits per heavy atom. The summed E-state index contributed by atoms with van der Waals surface area (Å²) in [6.07, 6.45) is 8.40. The molecule has 114 valence electrons. The summed E-state index contributed by atoms with van der Waals surface area (Å²) in [5.74, 6) is 2.48. The summed E-state index contributed by atoms with van der Waals surface area (Å²) in [5, 5.41) is 0. The maximum absolute atomic E-state index is 2.30. The summed E-state index contributed by atoms with van der Waals surface area (Å²) in [7, 11) is 0. The molecule has 0 radical (unpaired) electrons. The van der Waals surface area contributed by atoms with Crippen molar-refractivity contribution >= 4 is 11.8 Å². The van der Waals surface area contributed by atoms with Crippen LogP contribution in [0.15, 0.2) is 24.3 Å². The number of unbranched alkanes of at least 4 members (excludes halogenated alkanes) is 5. The van der Waals surface area contributed by atoms with Crippen LogP contribution in [0.2, 0.25) is 0 Å². The van der Waals surface area contributed by atoms with Gasteiger partial charge in [0.25, 0.3) is 0 Å². The second-order valence-electron chi connectivity index (χ2n) is 6.77. The second kappa shape index (κ2) is 9.50. The first-order valence-electron chi connectivity index (χ1n) is 8.21. The summed E-state index contributed by atoms with van der Waals surface area (Å²) >= 11 is 2.08. The first-order chi connectivity index (χ1) is 9.54. The van der Waals surface area contributed by atoms with Gasteiger partial charge in [-0.2, -0.15) is 11.8 Å². The van der Waals surface area contributed by atoms with E-state index in [2.05, 4.69) is 63.7 Å². The predicted octanol–water partition coefficient (Wildman–Crippen LogP) is 6.58. The van der Waals surface area contributed by atoms with E-state index >= 15 is 0 Å². The third-order valence-electron chi connectivity index (χ3n) is 3.73. The van der Waals surface area contributed by atoms with Crippen molar-refractivity contribution in [3.63, 3.8) is 0 Å². The minimum atomic E-state index is 0.268. The Balaban J connectivity index is 2.13. The van der Waals surface area contributed by atoms with Crippen LogP contribution in [0.1, 0.15) is 77.3 Å². The molecule has 0 amide bonds. The van der Waals surface area contributed by atoms with Gasteiger partial charge in [0.1, 0.15) is 0 Å². The lowest BCUT2D eigenvalue weighted by molar-refractivity contribution is 0.590. The maximum Gasteiger partial charge on any atom is 0.0184 e.